The van der Waals surface area contributed by atoms with E-state index in [-0.39, 0.29) is 11.3 Å². The Kier molecular flexibility index (Phi) is 5.18. The maximum Gasteiger partial charge on any atom is 0.262 e. The fourth-order valence-corrected chi connectivity index (χ4v) is 3.61. The number of amides is 1. The lowest BCUT2D eigenvalue weighted by molar-refractivity contribution is -0.119. The summed E-state index contributed by atoms with van der Waals surface area (Å²) in [6, 6.07) is 7.35. The first kappa shape index (κ1) is 19.5. The Morgan fingerprint density at radius 3 is 2.46 bits per heavy atom. The molecule has 3 N–H and O–H groups in total. The normalized spacial score (nSPS) is 12.3. The lowest BCUT2D eigenvalue weighted by atomic mass is 9.91. The minimum atomic E-state index is -1.13. The molecule has 0 aliphatic heterocycles. The first-order chi connectivity index (χ1) is 13.3. The molecule has 28 heavy (non-hydrogen) atoms. The number of carbonyl (C=O) groups is 2. The number of nitrogens with two attached hydrogens (primary N) is 1. The molecule has 0 fully saturated rings. The van der Waals surface area contributed by atoms with Crippen LogP contribution in [0, 0.1) is 18.6 Å². The van der Waals surface area contributed by atoms with Crippen molar-refractivity contribution < 1.29 is 23.5 Å². The summed E-state index contributed by atoms with van der Waals surface area (Å²) < 4.78 is 28.2. The molecule has 1 heterocycles. The van der Waals surface area contributed by atoms with Crippen molar-refractivity contribution in [3.8, 4) is 5.75 Å². The van der Waals surface area contributed by atoms with Crippen LogP contribution in [-0.2, 0) is 4.79 Å². The van der Waals surface area contributed by atoms with E-state index in [4.69, 9.17) is 5.73 Å². The Labute approximate surface area is 160 Å². The van der Waals surface area contributed by atoms with Crippen LogP contribution in [0.2, 0.25) is 0 Å². The number of phenols is 1. The molecule has 0 spiro atoms. The Morgan fingerprint density at radius 2 is 1.86 bits per heavy atom. The molecular formula is C21H20F2N2O3. The van der Waals surface area contributed by atoms with Gasteiger partial charge in [-0.3, -0.25) is 14.2 Å². The highest BCUT2D eigenvalue weighted by molar-refractivity contribution is 6.05. The van der Waals surface area contributed by atoms with E-state index in [2.05, 4.69) is 0 Å². The third-order valence-electron chi connectivity index (χ3n) is 4.88. The third kappa shape index (κ3) is 3.24. The van der Waals surface area contributed by atoms with Gasteiger partial charge in [-0.2, -0.15) is 0 Å². The van der Waals surface area contributed by atoms with E-state index in [9.17, 15) is 23.5 Å². The zero-order chi connectivity index (χ0) is 20.6. The summed E-state index contributed by atoms with van der Waals surface area (Å²) in [5.74, 6) is -3.95. The van der Waals surface area contributed by atoms with E-state index in [0.29, 0.717) is 35.0 Å². The van der Waals surface area contributed by atoms with Crippen LogP contribution in [0.3, 0.4) is 0 Å². The van der Waals surface area contributed by atoms with Crippen LogP contribution < -0.4 is 5.73 Å². The van der Waals surface area contributed by atoms with Gasteiger partial charge in [0.25, 0.3) is 5.91 Å². The van der Waals surface area contributed by atoms with Crippen molar-refractivity contribution in [2.75, 3.05) is 0 Å². The Balaban J connectivity index is 2.28. The number of aromatic hydroxyl groups is 1. The summed E-state index contributed by atoms with van der Waals surface area (Å²) >= 11 is 0. The van der Waals surface area contributed by atoms with E-state index in [1.807, 2.05) is 6.92 Å². The molecule has 0 saturated carbocycles. The molecule has 5 nitrogen and oxygen atoms in total. The van der Waals surface area contributed by atoms with E-state index < -0.39 is 29.4 Å². The standard InChI is InChI=1S/C21H20F2N2O3/c1-3-4-14(20(24)27)19-11(2)25(18-8-6-13(26)10-15(18)19)21(28)12-5-7-16(22)17(23)9-12/h5-10,14,26H,3-4H2,1-2H3,(H2,24,27). The number of nitrogens with zero attached hydrogens (tertiary/aromatic N) is 1. The Morgan fingerprint density at radius 1 is 1.14 bits per heavy atom. The minimum Gasteiger partial charge on any atom is -0.508 e. The van der Waals surface area contributed by atoms with Gasteiger partial charge >= 0.3 is 0 Å². The molecule has 1 atom stereocenters. The highest BCUT2D eigenvalue weighted by Gasteiger charge is 2.28. The van der Waals surface area contributed by atoms with Crippen molar-refractivity contribution in [1.29, 1.82) is 0 Å². The first-order valence-electron chi connectivity index (χ1n) is 8.89. The fourth-order valence-electron chi connectivity index (χ4n) is 3.61. The van der Waals surface area contributed by atoms with Gasteiger partial charge in [0, 0.05) is 16.6 Å². The number of rotatable bonds is 5. The molecule has 3 rings (SSSR count). The second kappa shape index (κ2) is 7.42. The van der Waals surface area contributed by atoms with Crippen LogP contribution in [-0.4, -0.2) is 21.5 Å². The summed E-state index contributed by atoms with van der Waals surface area (Å²) in [5.41, 5.74) is 7.03. The second-order valence-corrected chi connectivity index (χ2v) is 6.71. The predicted octanol–water partition coefficient (Wildman–Crippen LogP) is 3.99. The molecule has 1 amide bonds. The molecule has 7 heteroatoms. The van der Waals surface area contributed by atoms with Crippen molar-refractivity contribution in [2.24, 2.45) is 5.73 Å². The first-order valence-corrected chi connectivity index (χ1v) is 8.89. The number of aromatic nitrogens is 1. The zero-order valence-electron chi connectivity index (χ0n) is 15.5. The Hall–Kier alpha value is -3.22. The highest BCUT2D eigenvalue weighted by atomic mass is 19.2. The smallest absolute Gasteiger partial charge is 0.262 e. The van der Waals surface area contributed by atoms with Crippen molar-refractivity contribution in [2.45, 2.75) is 32.6 Å². The van der Waals surface area contributed by atoms with E-state index in [1.54, 1.807) is 13.0 Å². The van der Waals surface area contributed by atoms with Crippen molar-refractivity contribution in [3.05, 3.63) is 64.9 Å². The monoisotopic (exact) mass is 386 g/mol. The summed E-state index contributed by atoms with van der Waals surface area (Å²) in [6.45, 7) is 3.57. The number of phenolic OH excluding ortho intramolecular Hbond substituents is 1. The van der Waals surface area contributed by atoms with E-state index in [1.165, 1.54) is 22.8 Å². The number of primary amides is 1. The molecular weight excluding hydrogens is 366 g/mol. The fraction of sp³-hybridized carbons (Fsp3) is 0.238. The molecule has 0 bridgehead atoms. The van der Waals surface area contributed by atoms with Gasteiger partial charge in [0.15, 0.2) is 11.6 Å². The number of halogens is 2. The summed E-state index contributed by atoms with van der Waals surface area (Å²) in [4.78, 5) is 25.2. The highest BCUT2D eigenvalue weighted by Crippen LogP contribution is 2.36. The van der Waals surface area contributed by atoms with Crippen LogP contribution in [0.25, 0.3) is 10.9 Å². The van der Waals surface area contributed by atoms with Gasteiger partial charge < -0.3 is 10.8 Å². The molecule has 0 saturated heterocycles. The van der Waals surface area contributed by atoms with Crippen LogP contribution in [0.1, 0.15) is 47.3 Å². The molecule has 0 aliphatic carbocycles. The van der Waals surface area contributed by atoms with Gasteiger partial charge in [-0.15, -0.1) is 0 Å². The molecule has 0 aliphatic rings. The number of hydrogen-bond donors (Lipinski definition) is 2. The molecule has 1 unspecified atom stereocenters. The molecule has 2 aromatic carbocycles. The minimum absolute atomic E-state index is 0.0223. The average Bonchev–Trinajstić information content (AvgIpc) is 2.92. The zero-order valence-corrected chi connectivity index (χ0v) is 15.5. The lowest BCUT2D eigenvalue weighted by Gasteiger charge is -2.14. The van der Waals surface area contributed by atoms with Crippen molar-refractivity contribution in [3.63, 3.8) is 0 Å². The second-order valence-electron chi connectivity index (χ2n) is 6.71. The summed E-state index contributed by atoms with van der Waals surface area (Å²) in [7, 11) is 0. The van der Waals surface area contributed by atoms with E-state index >= 15 is 0 Å². The topological polar surface area (TPSA) is 85.3 Å². The van der Waals surface area contributed by atoms with Crippen LogP contribution in [0.15, 0.2) is 36.4 Å². The molecule has 3 aromatic rings. The van der Waals surface area contributed by atoms with Gasteiger partial charge in [0.2, 0.25) is 5.91 Å². The molecule has 1 aromatic heterocycles. The van der Waals surface area contributed by atoms with Gasteiger partial charge in [0.05, 0.1) is 11.4 Å². The van der Waals surface area contributed by atoms with Crippen molar-refractivity contribution >= 4 is 22.7 Å². The van der Waals surface area contributed by atoms with Gasteiger partial charge in [0.1, 0.15) is 5.75 Å². The van der Waals surface area contributed by atoms with E-state index in [0.717, 1.165) is 12.1 Å². The number of hydrogen-bond acceptors (Lipinski definition) is 3. The number of benzene rings is 2. The van der Waals surface area contributed by atoms with Crippen LogP contribution in [0.5, 0.6) is 5.75 Å². The maximum atomic E-state index is 13.6. The van der Waals surface area contributed by atoms with Gasteiger partial charge in [-0.25, -0.2) is 8.78 Å². The van der Waals surface area contributed by atoms with Gasteiger partial charge in [-0.05, 0) is 55.3 Å². The summed E-state index contributed by atoms with van der Waals surface area (Å²) in [5, 5.41) is 10.4. The number of fused-ring (bicyclic) bond motifs is 1. The van der Waals surface area contributed by atoms with Crippen molar-refractivity contribution in [1.82, 2.24) is 4.57 Å². The lowest BCUT2D eigenvalue weighted by Crippen LogP contribution is -2.22. The third-order valence-corrected chi connectivity index (χ3v) is 4.88. The number of carbonyl (C=O) groups excluding carboxylic acids is 2. The largest absolute Gasteiger partial charge is 0.508 e. The summed E-state index contributed by atoms with van der Waals surface area (Å²) in [6.07, 6.45) is 1.17. The van der Waals surface area contributed by atoms with Crippen LogP contribution in [0.4, 0.5) is 8.78 Å². The SMILES string of the molecule is CCCC(C(N)=O)c1c(C)n(C(=O)c2ccc(F)c(F)c2)c2ccc(O)cc12. The molecule has 0 radical (unpaired) electrons. The maximum absolute atomic E-state index is 13.6. The Bertz CT molecular complexity index is 1090. The quantitative estimate of drug-likeness (QED) is 0.695. The average molecular weight is 386 g/mol. The van der Waals surface area contributed by atoms with Gasteiger partial charge in [-0.1, -0.05) is 13.3 Å². The predicted molar refractivity (Wildman–Crippen MR) is 101 cm³/mol. The molecule has 146 valence electrons. The van der Waals surface area contributed by atoms with Crippen LogP contribution >= 0.6 is 0 Å².